The fraction of sp³-hybridized carbons (Fsp3) is 0.350. The largest absolute Gasteiger partial charge is 0.465 e. The van der Waals surface area contributed by atoms with E-state index >= 15 is 0 Å². The lowest BCUT2D eigenvalue weighted by molar-refractivity contribution is -0.384. The first-order valence-electron chi connectivity index (χ1n) is 9.79. The summed E-state index contributed by atoms with van der Waals surface area (Å²) in [4.78, 5) is 37.1. The summed E-state index contributed by atoms with van der Waals surface area (Å²) in [6.07, 6.45) is 3.96. The Balaban J connectivity index is 1.50. The number of anilines is 2. The van der Waals surface area contributed by atoms with Gasteiger partial charge in [0, 0.05) is 42.2 Å². The van der Waals surface area contributed by atoms with Crippen LogP contribution in [-0.2, 0) is 17.7 Å². The van der Waals surface area contributed by atoms with Gasteiger partial charge in [0.1, 0.15) is 6.20 Å². The number of carbonyl (C=O) groups is 1. The molecule has 2 aromatic heterocycles. The molecule has 10 nitrogen and oxygen atoms in total. The van der Waals surface area contributed by atoms with E-state index in [1.807, 2.05) is 17.0 Å². The summed E-state index contributed by atoms with van der Waals surface area (Å²) >= 11 is 0. The van der Waals surface area contributed by atoms with E-state index in [2.05, 4.69) is 20.3 Å². The van der Waals surface area contributed by atoms with Crippen molar-refractivity contribution in [3.05, 3.63) is 51.3 Å². The van der Waals surface area contributed by atoms with Gasteiger partial charge in [-0.2, -0.15) is 4.98 Å². The molecule has 1 aliphatic carbocycles. The maximum Gasteiger partial charge on any atom is 0.339 e. The molecule has 0 bridgehead atoms. The second-order valence-corrected chi connectivity index (χ2v) is 7.55. The van der Waals surface area contributed by atoms with Crippen molar-refractivity contribution in [2.75, 3.05) is 23.9 Å². The van der Waals surface area contributed by atoms with E-state index in [0.717, 1.165) is 41.4 Å². The van der Waals surface area contributed by atoms with Crippen LogP contribution in [0.15, 0.2) is 24.4 Å². The topological polar surface area (TPSA) is 126 Å². The highest BCUT2D eigenvalue weighted by atomic mass is 16.6. The molecule has 1 aliphatic heterocycles. The molecule has 10 heteroatoms. The average Bonchev–Trinajstić information content (AvgIpc) is 3.49. The predicted molar refractivity (Wildman–Crippen MR) is 110 cm³/mol. The minimum absolute atomic E-state index is 0.113. The minimum Gasteiger partial charge on any atom is -0.465 e. The van der Waals surface area contributed by atoms with E-state index < -0.39 is 4.92 Å². The van der Waals surface area contributed by atoms with Crippen molar-refractivity contribution in [3.63, 3.8) is 0 Å². The number of ether oxygens (including phenoxy) is 1. The molecule has 3 aromatic rings. The molecule has 1 aromatic carbocycles. The number of carbonyl (C=O) groups excluding carboxylic acids is 1. The Kier molecular flexibility index (Phi) is 4.27. The zero-order valence-electron chi connectivity index (χ0n) is 16.3. The molecule has 5 rings (SSSR count). The van der Waals surface area contributed by atoms with Gasteiger partial charge in [0.2, 0.25) is 11.8 Å². The lowest BCUT2D eigenvalue weighted by atomic mass is 10.0. The molecule has 30 heavy (non-hydrogen) atoms. The molecule has 154 valence electrons. The summed E-state index contributed by atoms with van der Waals surface area (Å²) in [7, 11) is 1.37. The van der Waals surface area contributed by atoms with Crippen LogP contribution in [0.4, 0.5) is 17.5 Å². The molecule has 0 atom stereocenters. The lowest BCUT2D eigenvalue weighted by Gasteiger charge is -2.27. The van der Waals surface area contributed by atoms with Crippen molar-refractivity contribution in [2.24, 2.45) is 0 Å². The van der Waals surface area contributed by atoms with E-state index in [-0.39, 0.29) is 23.5 Å². The summed E-state index contributed by atoms with van der Waals surface area (Å²) < 4.78 is 4.90. The summed E-state index contributed by atoms with van der Waals surface area (Å²) in [5, 5.41) is 15.4. The van der Waals surface area contributed by atoms with E-state index in [4.69, 9.17) is 4.74 Å². The average molecular weight is 408 g/mol. The number of nitrogens with zero attached hydrogens (tertiary/aromatic N) is 4. The van der Waals surface area contributed by atoms with Gasteiger partial charge in [-0.1, -0.05) is 12.1 Å². The maximum atomic E-state index is 12.1. The van der Waals surface area contributed by atoms with Crippen LogP contribution in [0, 0.1) is 10.1 Å². The number of nitrogens with one attached hydrogen (secondary N) is 2. The molecular weight excluding hydrogens is 388 g/mol. The second kappa shape index (κ2) is 6.97. The predicted octanol–water partition coefficient (Wildman–Crippen LogP) is 2.79. The van der Waals surface area contributed by atoms with Crippen molar-refractivity contribution in [3.8, 4) is 0 Å². The molecule has 0 spiro atoms. The number of H-pyrrole nitrogens is 1. The van der Waals surface area contributed by atoms with Crippen LogP contribution < -0.4 is 10.2 Å². The van der Waals surface area contributed by atoms with Crippen LogP contribution in [0.1, 0.15) is 34.5 Å². The first-order valence-corrected chi connectivity index (χ1v) is 9.79. The number of rotatable bonds is 5. The van der Waals surface area contributed by atoms with Crippen molar-refractivity contribution >= 4 is 34.3 Å². The number of fused-ring (bicyclic) bond motifs is 3. The number of methoxy groups -OCH3 is 1. The van der Waals surface area contributed by atoms with Crippen molar-refractivity contribution in [1.29, 1.82) is 0 Å². The van der Waals surface area contributed by atoms with Gasteiger partial charge in [-0.3, -0.25) is 10.1 Å². The highest BCUT2D eigenvalue weighted by Crippen LogP contribution is 2.33. The molecule has 0 unspecified atom stereocenters. The van der Waals surface area contributed by atoms with Gasteiger partial charge in [0.15, 0.2) is 0 Å². The standard InChI is InChI=1S/C20H20N6O4/c1-30-19(27)13-4-2-3-12-14-10-25(8-7-15(14)23-17(12)13)20-21-9-16(26(28)29)18(24-20)22-11-5-6-11/h2-4,9,11,23H,5-8,10H2,1H3,(H,21,22,24). The molecule has 2 N–H and O–H groups in total. The highest BCUT2D eigenvalue weighted by Gasteiger charge is 2.29. The van der Waals surface area contributed by atoms with Crippen LogP contribution in [0.2, 0.25) is 0 Å². The quantitative estimate of drug-likeness (QED) is 0.375. The number of hydrogen-bond acceptors (Lipinski definition) is 8. The number of aromatic nitrogens is 3. The molecule has 0 saturated heterocycles. The smallest absolute Gasteiger partial charge is 0.339 e. The van der Waals surface area contributed by atoms with Crippen LogP contribution in [-0.4, -0.2) is 45.5 Å². The van der Waals surface area contributed by atoms with Gasteiger partial charge in [-0.05, 0) is 18.9 Å². The fourth-order valence-corrected chi connectivity index (χ4v) is 3.87. The summed E-state index contributed by atoms with van der Waals surface area (Å²) in [6.45, 7) is 1.20. The third-order valence-electron chi connectivity index (χ3n) is 5.57. The monoisotopic (exact) mass is 408 g/mol. The van der Waals surface area contributed by atoms with Gasteiger partial charge in [-0.25, -0.2) is 9.78 Å². The van der Waals surface area contributed by atoms with Gasteiger partial charge in [0.05, 0.1) is 23.1 Å². The van der Waals surface area contributed by atoms with Crippen molar-refractivity contribution in [2.45, 2.75) is 31.8 Å². The number of benzene rings is 1. The Morgan fingerprint density at radius 3 is 2.97 bits per heavy atom. The molecule has 0 amide bonds. The Morgan fingerprint density at radius 1 is 1.40 bits per heavy atom. The minimum atomic E-state index is -0.462. The molecular formula is C20H20N6O4. The SMILES string of the molecule is COC(=O)c1cccc2c3c([nH]c12)CCN(c1ncc([N+](=O)[O-])c(NC2CC2)n1)C3. The van der Waals surface area contributed by atoms with Gasteiger partial charge < -0.3 is 19.9 Å². The van der Waals surface area contributed by atoms with Crippen LogP contribution in [0.3, 0.4) is 0 Å². The molecule has 0 radical (unpaired) electrons. The Labute approximate surface area is 171 Å². The number of para-hydroxylation sites is 1. The van der Waals surface area contributed by atoms with Crippen molar-refractivity contribution in [1.82, 2.24) is 15.0 Å². The zero-order chi connectivity index (χ0) is 20.8. The van der Waals surface area contributed by atoms with Gasteiger partial charge >= 0.3 is 11.7 Å². The summed E-state index contributed by atoms with van der Waals surface area (Å²) in [5.41, 5.74) is 3.28. The third kappa shape index (κ3) is 3.10. The summed E-state index contributed by atoms with van der Waals surface area (Å²) in [5.74, 6) is 0.337. The van der Waals surface area contributed by atoms with Gasteiger partial charge in [-0.15, -0.1) is 0 Å². The maximum absolute atomic E-state index is 12.1. The third-order valence-corrected chi connectivity index (χ3v) is 5.57. The number of aromatic amines is 1. The van der Waals surface area contributed by atoms with Crippen LogP contribution in [0.25, 0.3) is 10.9 Å². The number of esters is 1. The number of hydrogen-bond donors (Lipinski definition) is 2. The molecule has 1 saturated carbocycles. The van der Waals surface area contributed by atoms with E-state index in [0.29, 0.717) is 24.6 Å². The van der Waals surface area contributed by atoms with Crippen LogP contribution in [0.5, 0.6) is 0 Å². The first kappa shape index (κ1) is 18.3. The molecule has 1 fully saturated rings. The normalized spacial score (nSPS) is 15.7. The van der Waals surface area contributed by atoms with Crippen molar-refractivity contribution < 1.29 is 14.5 Å². The lowest BCUT2D eigenvalue weighted by Crippen LogP contribution is -2.31. The Morgan fingerprint density at radius 2 is 2.23 bits per heavy atom. The van der Waals surface area contributed by atoms with Gasteiger partial charge in [0.25, 0.3) is 0 Å². The Bertz CT molecular complexity index is 1170. The Hall–Kier alpha value is -3.69. The van der Waals surface area contributed by atoms with E-state index in [1.54, 1.807) is 6.07 Å². The van der Waals surface area contributed by atoms with Crippen LogP contribution >= 0.6 is 0 Å². The fourth-order valence-electron chi connectivity index (χ4n) is 3.87. The van der Waals surface area contributed by atoms with E-state index in [9.17, 15) is 14.9 Å². The van der Waals surface area contributed by atoms with E-state index in [1.165, 1.54) is 13.3 Å². The summed E-state index contributed by atoms with van der Waals surface area (Å²) in [6, 6.07) is 5.78. The number of nitro groups is 1. The molecule has 2 aliphatic rings. The first-order chi connectivity index (χ1) is 14.5. The zero-order valence-corrected chi connectivity index (χ0v) is 16.3. The molecule has 3 heterocycles. The highest BCUT2D eigenvalue weighted by molar-refractivity contribution is 6.04. The second-order valence-electron chi connectivity index (χ2n) is 7.55.